The third kappa shape index (κ3) is 2.29. The van der Waals surface area contributed by atoms with Crippen molar-refractivity contribution < 1.29 is 4.74 Å². The SMILES string of the molecule is CNC(CC1CCC1)C(OC)C1CC1. The molecule has 82 valence electrons. The van der Waals surface area contributed by atoms with Gasteiger partial charge in [-0.1, -0.05) is 19.3 Å². The topological polar surface area (TPSA) is 21.3 Å². The van der Waals surface area contributed by atoms with Gasteiger partial charge in [0, 0.05) is 13.2 Å². The molecular weight excluding hydrogens is 174 g/mol. The molecule has 2 fully saturated rings. The van der Waals surface area contributed by atoms with E-state index in [1.807, 2.05) is 7.11 Å². The number of methoxy groups -OCH3 is 1. The number of hydrogen-bond donors (Lipinski definition) is 1. The first kappa shape index (κ1) is 10.4. The first-order valence-corrected chi connectivity index (χ1v) is 6.05. The van der Waals surface area contributed by atoms with Crippen molar-refractivity contribution in [1.29, 1.82) is 0 Å². The zero-order valence-electron chi connectivity index (χ0n) is 9.46. The van der Waals surface area contributed by atoms with E-state index >= 15 is 0 Å². The van der Waals surface area contributed by atoms with E-state index in [0.29, 0.717) is 12.1 Å². The molecule has 0 saturated heterocycles. The van der Waals surface area contributed by atoms with Crippen LogP contribution in [0.25, 0.3) is 0 Å². The molecule has 2 nitrogen and oxygen atoms in total. The van der Waals surface area contributed by atoms with Crippen molar-refractivity contribution in [2.24, 2.45) is 11.8 Å². The molecule has 0 aromatic rings. The zero-order valence-corrected chi connectivity index (χ0v) is 9.46. The number of rotatable bonds is 6. The number of nitrogens with one attached hydrogen (secondary N) is 1. The monoisotopic (exact) mass is 197 g/mol. The summed E-state index contributed by atoms with van der Waals surface area (Å²) in [4.78, 5) is 0. The van der Waals surface area contributed by atoms with Gasteiger partial charge in [0.1, 0.15) is 0 Å². The van der Waals surface area contributed by atoms with Gasteiger partial charge in [-0.05, 0) is 38.1 Å². The second-order valence-corrected chi connectivity index (χ2v) is 4.97. The number of ether oxygens (including phenoxy) is 1. The highest BCUT2D eigenvalue weighted by molar-refractivity contribution is 4.91. The van der Waals surface area contributed by atoms with Gasteiger partial charge >= 0.3 is 0 Å². The largest absolute Gasteiger partial charge is 0.380 e. The molecule has 2 heteroatoms. The lowest BCUT2D eigenvalue weighted by molar-refractivity contribution is 0.0404. The van der Waals surface area contributed by atoms with E-state index in [1.54, 1.807) is 0 Å². The van der Waals surface area contributed by atoms with Crippen LogP contribution in [0.4, 0.5) is 0 Å². The van der Waals surface area contributed by atoms with E-state index in [1.165, 1.54) is 38.5 Å². The molecule has 0 amide bonds. The molecular formula is C12H23NO. The van der Waals surface area contributed by atoms with Crippen molar-refractivity contribution in [3.63, 3.8) is 0 Å². The smallest absolute Gasteiger partial charge is 0.0752 e. The van der Waals surface area contributed by atoms with Crippen molar-refractivity contribution in [2.45, 2.75) is 50.7 Å². The predicted octanol–water partition coefficient (Wildman–Crippen LogP) is 2.19. The molecule has 0 aromatic carbocycles. The van der Waals surface area contributed by atoms with Crippen LogP contribution in [-0.4, -0.2) is 26.3 Å². The molecule has 0 spiro atoms. The molecule has 14 heavy (non-hydrogen) atoms. The second-order valence-electron chi connectivity index (χ2n) is 4.97. The summed E-state index contributed by atoms with van der Waals surface area (Å²) in [5, 5.41) is 3.45. The maximum absolute atomic E-state index is 5.63. The van der Waals surface area contributed by atoms with Crippen LogP contribution in [0.3, 0.4) is 0 Å². The highest BCUT2D eigenvalue weighted by atomic mass is 16.5. The van der Waals surface area contributed by atoms with Gasteiger partial charge in [-0.25, -0.2) is 0 Å². The average Bonchev–Trinajstić information content (AvgIpc) is 2.92. The maximum Gasteiger partial charge on any atom is 0.0752 e. The fourth-order valence-electron chi connectivity index (χ4n) is 2.61. The van der Waals surface area contributed by atoms with E-state index in [-0.39, 0.29) is 0 Å². The predicted molar refractivity (Wildman–Crippen MR) is 58.3 cm³/mol. The molecule has 0 heterocycles. The van der Waals surface area contributed by atoms with E-state index in [9.17, 15) is 0 Å². The Morgan fingerprint density at radius 1 is 1.29 bits per heavy atom. The third-order valence-electron chi connectivity index (χ3n) is 3.94. The van der Waals surface area contributed by atoms with Crippen LogP contribution < -0.4 is 5.32 Å². The zero-order chi connectivity index (χ0) is 9.97. The van der Waals surface area contributed by atoms with Crippen LogP contribution in [0.5, 0.6) is 0 Å². The van der Waals surface area contributed by atoms with Gasteiger partial charge in [0.2, 0.25) is 0 Å². The summed E-state index contributed by atoms with van der Waals surface area (Å²) in [5.74, 6) is 1.82. The fraction of sp³-hybridized carbons (Fsp3) is 1.00. The Kier molecular flexibility index (Phi) is 3.45. The lowest BCUT2D eigenvalue weighted by Crippen LogP contribution is -2.42. The summed E-state index contributed by atoms with van der Waals surface area (Å²) in [7, 11) is 3.95. The van der Waals surface area contributed by atoms with Crippen LogP contribution in [0.2, 0.25) is 0 Å². The van der Waals surface area contributed by atoms with Crippen LogP contribution in [0, 0.1) is 11.8 Å². The summed E-state index contributed by atoms with van der Waals surface area (Å²) in [6.45, 7) is 0. The average molecular weight is 197 g/mol. The number of likely N-dealkylation sites (N-methyl/N-ethyl adjacent to an activating group) is 1. The summed E-state index contributed by atoms with van der Waals surface area (Å²) in [5.41, 5.74) is 0. The quantitative estimate of drug-likeness (QED) is 0.705. The molecule has 2 saturated carbocycles. The first-order chi connectivity index (χ1) is 6.85. The lowest BCUT2D eigenvalue weighted by Gasteiger charge is -2.33. The Hall–Kier alpha value is -0.0800. The molecule has 2 atom stereocenters. The number of hydrogen-bond acceptors (Lipinski definition) is 2. The Bertz CT molecular complexity index is 175. The Balaban J connectivity index is 1.81. The van der Waals surface area contributed by atoms with Crippen LogP contribution in [0.15, 0.2) is 0 Å². The van der Waals surface area contributed by atoms with Crippen molar-refractivity contribution in [3.05, 3.63) is 0 Å². The van der Waals surface area contributed by atoms with Gasteiger partial charge in [0.25, 0.3) is 0 Å². The second kappa shape index (κ2) is 4.63. The van der Waals surface area contributed by atoms with Crippen molar-refractivity contribution in [1.82, 2.24) is 5.32 Å². The van der Waals surface area contributed by atoms with Crippen molar-refractivity contribution >= 4 is 0 Å². The summed E-state index contributed by atoms with van der Waals surface area (Å²) >= 11 is 0. The first-order valence-electron chi connectivity index (χ1n) is 6.05. The summed E-state index contributed by atoms with van der Waals surface area (Å²) in [6.07, 6.45) is 8.88. The van der Waals surface area contributed by atoms with E-state index in [4.69, 9.17) is 4.74 Å². The minimum absolute atomic E-state index is 0.473. The standard InChI is InChI=1S/C12H23NO/c1-13-11(8-9-4-3-5-9)12(14-2)10-6-7-10/h9-13H,3-8H2,1-2H3. The van der Waals surface area contributed by atoms with Gasteiger partial charge in [0.05, 0.1) is 6.10 Å². The molecule has 2 aliphatic rings. The molecule has 0 aromatic heterocycles. The molecule has 0 bridgehead atoms. The Labute approximate surface area is 87.4 Å². The van der Waals surface area contributed by atoms with Gasteiger partial charge < -0.3 is 10.1 Å². The molecule has 2 aliphatic carbocycles. The van der Waals surface area contributed by atoms with Crippen LogP contribution in [-0.2, 0) is 4.74 Å². The summed E-state index contributed by atoms with van der Waals surface area (Å²) < 4.78 is 5.63. The molecule has 1 N–H and O–H groups in total. The van der Waals surface area contributed by atoms with Crippen molar-refractivity contribution in [2.75, 3.05) is 14.2 Å². The van der Waals surface area contributed by atoms with E-state index in [2.05, 4.69) is 12.4 Å². The van der Waals surface area contributed by atoms with Crippen LogP contribution >= 0.6 is 0 Å². The molecule has 2 rings (SSSR count). The highest BCUT2D eigenvalue weighted by Gasteiger charge is 2.37. The van der Waals surface area contributed by atoms with E-state index < -0.39 is 0 Å². The summed E-state index contributed by atoms with van der Waals surface area (Å²) in [6, 6.07) is 0.595. The minimum Gasteiger partial charge on any atom is -0.380 e. The van der Waals surface area contributed by atoms with Crippen LogP contribution in [0.1, 0.15) is 38.5 Å². The molecule has 0 radical (unpaired) electrons. The Morgan fingerprint density at radius 3 is 2.36 bits per heavy atom. The third-order valence-corrected chi connectivity index (χ3v) is 3.94. The van der Waals surface area contributed by atoms with Gasteiger partial charge in [-0.2, -0.15) is 0 Å². The lowest BCUT2D eigenvalue weighted by atomic mass is 9.79. The van der Waals surface area contributed by atoms with Crippen molar-refractivity contribution in [3.8, 4) is 0 Å². The van der Waals surface area contributed by atoms with Gasteiger partial charge in [0.15, 0.2) is 0 Å². The maximum atomic E-state index is 5.63. The highest BCUT2D eigenvalue weighted by Crippen LogP contribution is 2.38. The minimum atomic E-state index is 0.473. The normalized spacial score (nSPS) is 27.0. The van der Waals surface area contributed by atoms with E-state index in [0.717, 1.165) is 11.8 Å². The Morgan fingerprint density at radius 2 is 2.00 bits per heavy atom. The van der Waals surface area contributed by atoms with Gasteiger partial charge in [-0.3, -0.25) is 0 Å². The fourth-order valence-corrected chi connectivity index (χ4v) is 2.61. The molecule has 2 unspecified atom stereocenters. The molecule has 0 aliphatic heterocycles. The van der Waals surface area contributed by atoms with Gasteiger partial charge in [-0.15, -0.1) is 0 Å².